The summed E-state index contributed by atoms with van der Waals surface area (Å²) in [6, 6.07) is 0. The first-order chi connectivity index (χ1) is 7.68. The number of hydrogen-bond acceptors (Lipinski definition) is 2. The average Bonchev–Trinajstić information content (AvgIpc) is 2.24. The van der Waals surface area contributed by atoms with Gasteiger partial charge in [0.25, 0.3) is 0 Å². The lowest BCUT2D eigenvalue weighted by molar-refractivity contribution is -0.139. The van der Waals surface area contributed by atoms with Crippen molar-refractivity contribution in [2.24, 2.45) is 0 Å². The van der Waals surface area contributed by atoms with Gasteiger partial charge in [-0.15, -0.1) is 0 Å². The van der Waals surface area contributed by atoms with Crippen LogP contribution in [-0.4, -0.2) is 28.9 Å². The van der Waals surface area contributed by atoms with E-state index in [4.69, 9.17) is 9.47 Å². The predicted molar refractivity (Wildman–Crippen MR) is 73.8 cm³/mol. The topological polar surface area (TPSA) is 18.5 Å². The fourth-order valence-electron chi connectivity index (χ4n) is 1.70. The Morgan fingerprint density at radius 2 is 1.62 bits per heavy atom. The van der Waals surface area contributed by atoms with E-state index in [0.29, 0.717) is 13.2 Å². The first-order valence-corrected chi connectivity index (χ1v) is 7.64. The Hall–Kier alpha value is -0.123. The zero-order valence-corrected chi connectivity index (χ0v) is 13.4. The zero-order chi connectivity index (χ0) is 12.3. The van der Waals surface area contributed by atoms with E-state index in [1.165, 1.54) is 25.7 Å². The van der Waals surface area contributed by atoms with Gasteiger partial charge in [-0.25, -0.2) is 0 Å². The molecule has 0 aromatic carbocycles. The molecule has 0 atom stereocenters. The van der Waals surface area contributed by atoms with Gasteiger partial charge in [0.2, 0.25) is 0 Å². The normalized spacial score (nSPS) is 12.7. The van der Waals surface area contributed by atoms with Crippen LogP contribution < -0.4 is 0 Å². The second-order valence-corrected chi connectivity index (χ2v) is 5.53. The highest BCUT2D eigenvalue weighted by Crippen LogP contribution is 2.12. The molecule has 0 N–H and O–H groups in total. The number of unbranched alkanes of at least 4 members (excludes halogenated alkanes) is 4. The molecule has 0 spiro atoms. The highest BCUT2D eigenvalue weighted by molar-refractivity contribution is 6.14. The number of allylic oxidation sites excluding steroid dienone is 1. The fourth-order valence-corrected chi connectivity index (χ4v) is 2.51. The van der Waals surface area contributed by atoms with Gasteiger partial charge in [-0.05, 0) is 32.8 Å². The van der Waals surface area contributed by atoms with Crippen molar-refractivity contribution in [3.63, 3.8) is 0 Å². The fraction of sp³-hybridized carbons (Fsp3) is 0.846. The van der Waals surface area contributed by atoms with Gasteiger partial charge in [0, 0.05) is 13.2 Å². The van der Waals surface area contributed by atoms with Gasteiger partial charge in [0.15, 0.2) is 5.41 Å². The van der Waals surface area contributed by atoms with Crippen molar-refractivity contribution in [1.29, 1.82) is 0 Å². The molecular formula is C13H28O2Si. The van der Waals surface area contributed by atoms with Crippen molar-refractivity contribution in [3.05, 3.63) is 12.2 Å². The van der Waals surface area contributed by atoms with Crippen LogP contribution in [0.25, 0.3) is 0 Å². The van der Waals surface area contributed by atoms with Crippen LogP contribution in [-0.2, 0) is 9.47 Å². The second kappa shape index (κ2) is 10.1. The van der Waals surface area contributed by atoms with E-state index in [1.807, 2.05) is 13.8 Å². The minimum Gasteiger partial charge on any atom is -0.352 e. The van der Waals surface area contributed by atoms with Gasteiger partial charge in [-0.2, -0.15) is 0 Å². The van der Waals surface area contributed by atoms with Crippen LogP contribution in [0, 0.1) is 0 Å². The maximum absolute atomic E-state index is 5.65. The Bertz CT molecular complexity index is 175. The van der Waals surface area contributed by atoms with Crippen molar-refractivity contribution in [3.8, 4) is 0 Å². The summed E-state index contributed by atoms with van der Waals surface area (Å²) in [6.45, 7) is 7.69. The molecule has 16 heavy (non-hydrogen) atoms. The van der Waals surface area contributed by atoms with Crippen molar-refractivity contribution in [1.82, 2.24) is 0 Å². The maximum atomic E-state index is 5.65. The largest absolute Gasteiger partial charge is 0.352 e. The van der Waals surface area contributed by atoms with Crippen LogP contribution in [0.3, 0.4) is 0 Å². The quantitative estimate of drug-likeness (QED) is 0.254. The van der Waals surface area contributed by atoms with E-state index in [9.17, 15) is 0 Å². The van der Waals surface area contributed by atoms with Gasteiger partial charge in [-0.3, -0.25) is 0 Å². The molecule has 0 heterocycles. The molecule has 0 aliphatic heterocycles. The Labute approximate surface area is 104 Å². The summed E-state index contributed by atoms with van der Waals surface area (Å²) in [5, 5.41) is 0. The third-order valence-corrected chi connectivity index (χ3v) is 3.42. The Morgan fingerprint density at radius 3 is 2.12 bits per heavy atom. The van der Waals surface area contributed by atoms with E-state index in [0.717, 1.165) is 16.7 Å². The van der Waals surface area contributed by atoms with E-state index < -0.39 is 5.41 Å². The van der Waals surface area contributed by atoms with E-state index in [2.05, 4.69) is 19.1 Å². The van der Waals surface area contributed by atoms with Gasteiger partial charge in [-0.1, -0.05) is 32.3 Å². The average molecular weight is 244 g/mol. The molecule has 0 aliphatic rings. The first kappa shape index (κ1) is 15.9. The van der Waals surface area contributed by atoms with E-state index in [-0.39, 0.29) is 0 Å². The van der Waals surface area contributed by atoms with Crippen LogP contribution in [0.5, 0.6) is 0 Å². The number of rotatable bonds is 10. The molecule has 96 valence electrons. The van der Waals surface area contributed by atoms with Crippen molar-refractivity contribution >= 4 is 10.2 Å². The minimum absolute atomic E-state index is 0.395. The lowest BCUT2D eigenvalue weighted by Crippen LogP contribution is -2.34. The van der Waals surface area contributed by atoms with Crippen LogP contribution in [0.2, 0.25) is 0 Å². The molecule has 0 unspecified atom stereocenters. The lowest BCUT2D eigenvalue weighted by atomic mass is 10.1. The SMILES string of the molecule is CCCCCC/C=C/C([SiH3])(OCC)OCC. The van der Waals surface area contributed by atoms with Crippen molar-refractivity contribution in [2.75, 3.05) is 13.2 Å². The summed E-state index contributed by atoms with van der Waals surface area (Å²) in [5.74, 6) is 0. The summed E-state index contributed by atoms with van der Waals surface area (Å²) in [5.41, 5.74) is -0.395. The van der Waals surface area contributed by atoms with Gasteiger partial charge < -0.3 is 9.47 Å². The molecular weight excluding hydrogens is 216 g/mol. The Morgan fingerprint density at radius 1 is 1.00 bits per heavy atom. The van der Waals surface area contributed by atoms with E-state index in [1.54, 1.807) is 0 Å². The predicted octanol–water partition coefficient (Wildman–Crippen LogP) is 2.61. The molecule has 0 rings (SSSR count). The summed E-state index contributed by atoms with van der Waals surface area (Å²) in [4.78, 5) is 0. The molecule has 3 heteroatoms. The molecule has 0 aromatic rings. The first-order valence-electron chi connectivity index (χ1n) is 6.64. The second-order valence-electron chi connectivity index (χ2n) is 4.13. The third-order valence-electron chi connectivity index (χ3n) is 2.51. The minimum atomic E-state index is -0.395. The standard InChI is InChI=1S/C13H28O2Si/c1-4-7-8-9-10-11-12-13(16,14-5-2)15-6-3/h11-12H,4-10H2,1-3,16H3/b12-11+. The molecule has 0 amide bonds. The molecule has 0 aromatic heterocycles. The molecule has 0 radical (unpaired) electrons. The van der Waals surface area contributed by atoms with Gasteiger partial charge >= 0.3 is 0 Å². The lowest BCUT2D eigenvalue weighted by Gasteiger charge is -2.26. The van der Waals surface area contributed by atoms with Crippen LogP contribution >= 0.6 is 0 Å². The zero-order valence-electron chi connectivity index (χ0n) is 11.4. The third kappa shape index (κ3) is 8.08. The Kier molecular flexibility index (Phi) is 9.98. The molecule has 0 fully saturated rings. The summed E-state index contributed by atoms with van der Waals surface area (Å²) in [6.07, 6.45) is 10.7. The number of ether oxygens (including phenoxy) is 2. The summed E-state index contributed by atoms with van der Waals surface area (Å²) < 4.78 is 11.3. The summed E-state index contributed by atoms with van der Waals surface area (Å²) in [7, 11) is 0.876. The maximum Gasteiger partial charge on any atom is 0.159 e. The van der Waals surface area contributed by atoms with Gasteiger partial charge in [0.1, 0.15) is 0 Å². The van der Waals surface area contributed by atoms with Crippen molar-refractivity contribution in [2.45, 2.75) is 58.3 Å². The summed E-state index contributed by atoms with van der Waals surface area (Å²) >= 11 is 0. The molecule has 0 saturated heterocycles. The van der Waals surface area contributed by atoms with Gasteiger partial charge in [0.05, 0.1) is 10.2 Å². The van der Waals surface area contributed by atoms with Crippen LogP contribution in [0.4, 0.5) is 0 Å². The molecule has 0 bridgehead atoms. The van der Waals surface area contributed by atoms with Crippen LogP contribution in [0.1, 0.15) is 52.9 Å². The highest BCUT2D eigenvalue weighted by atomic mass is 28.1. The Balaban J connectivity index is 3.84. The van der Waals surface area contributed by atoms with E-state index >= 15 is 0 Å². The van der Waals surface area contributed by atoms with Crippen LogP contribution in [0.15, 0.2) is 12.2 Å². The van der Waals surface area contributed by atoms with Crippen molar-refractivity contribution < 1.29 is 9.47 Å². The highest BCUT2D eigenvalue weighted by Gasteiger charge is 2.19. The monoisotopic (exact) mass is 244 g/mol. The smallest absolute Gasteiger partial charge is 0.159 e. The number of hydrogen-bond donors (Lipinski definition) is 0. The molecule has 0 aliphatic carbocycles. The molecule has 0 saturated carbocycles. The molecule has 2 nitrogen and oxygen atoms in total.